The molecule has 0 aliphatic carbocycles. The van der Waals surface area contributed by atoms with E-state index < -0.39 is 0 Å². The topological polar surface area (TPSA) is 64.9 Å². The molecule has 0 atom stereocenters. The van der Waals surface area contributed by atoms with Gasteiger partial charge in [-0.1, -0.05) is 11.6 Å². The Morgan fingerprint density at radius 3 is 2.59 bits per heavy atom. The van der Waals surface area contributed by atoms with Gasteiger partial charge in [-0.3, -0.25) is 0 Å². The van der Waals surface area contributed by atoms with Crippen molar-refractivity contribution in [1.82, 2.24) is 9.97 Å². The number of hydrogen-bond donors (Lipinski definition) is 1. The van der Waals surface area contributed by atoms with Crippen molar-refractivity contribution in [3.63, 3.8) is 0 Å². The van der Waals surface area contributed by atoms with Crippen LogP contribution in [0, 0.1) is 0 Å². The van der Waals surface area contributed by atoms with Gasteiger partial charge in [-0.15, -0.1) is 0 Å². The number of hydrogen-bond acceptors (Lipinski definition) is 4. The van der Waals surface area contributed by atoms with Gasteiger partial charge in [-0.2, -0.15) is 0 Å². The summed E-state index contributed by atoms with van der Waals surface area (Å²) < 4.78 is 5.53. The van der Waals surface area contributed by atoms with E-state index in [1.54, 1.807) is 24.4 Å². The SMILES string of the molecule is Nc1ccnc2oc(-c3ccc(Cl)cc3)nc12. The zero-order valence-electron chi connectivity index (χ0n) is 8.72. The number of rotatable bonds is 1. The summed E-state index contributed by atoms with van der Waals surface area (Å²) in [5.74, 6) is 0.488. The monoisotopic (exact) mass is 245 g/mol. The summed E-state index contributed by atoms with van der Waals surface area (Å²) in [6.07, 6.45) is 1.59. The molecule has 0 bridgehead atoms. The molecule has 84 valence electrons. The van der Waals surface area contributed by atoms with Gasteiger partial charge in [0.05, 0.1) is 5.69 Å². The number of nitrogens with zero attached hydrogens (tertiary/aromatic N) is 2. The summed E-state index contributed by atoms with van der Waals surface area (Å²) in [5, 5.41) is 0.669. The Morgan fingerprint density at radius 2 is 1.88 bits per heavy atom. The number of nitrogen functional groups attached to an aromatic ring is 1. The van der Waals surface area contributed by atoms with Gasteiger partial charge in [-0.05, 0) is 30.3 Å². The van der Waals surface area contributed by atoms with Crippen LogP contribution in [0.15, 0.2) is 40.9 Å². The predicted octanol–water partition coefficient (Wildman–Crippen LogP) is 3.13. The normalized spacial score (nSPS) is 10.9. The van der Waals surface area contributed by atoms with Crippen LogP contribution in [0.1, 0.15) is 0 Å². The minimum Gasteiger partial charge on any atom is -0.418 e. The maximum atomic E-state index is 5.82. The van der Waals surface area contributed by atoms with E-state index >= 15 is 0 Å². The van der Waals surface area contributed by atoms with Crippen LogP contribution in [0.5, 0.6) is 0 Å². The fourth-order valence-electron chi connectivity index (χ4n) is 1.57. The van der Waals surface area contributed by atoms with Gasteiger partial charge in [0.1, 0.15) is 0 Å². The van der Waals surface area contributed by atoms with Crippen molar-refractivity contribution < 1.29 is 4.42 Å². The molecule has 17 heavy (non-hydrogen) atoms. The third-order valence-electron chi connectivity index (χ3n) is 2.42. The van der Waals surface area contributed by atoms with Crippen molar-refractivity contribution in [2.24, 2.45) is 0 Å². The first-order valence-electron chi connectivity index (χ1n) is 5.01. The molecule has 0 aliphatic rings. The number of benzene rings is 1. The van der Waals surface area contributed by atoms with Gasteiger partial charge >= 0.3 is 0 Å². The second-order valence-corrected chi connectivity index (χ2v) is 4.02. The molecule has 5 heteroatoms. The minimum absolute atomic E-state index is 0.440. The van der Waals surface area contributed by atoms with Crippen molar-refractivity contribution in [3.8, 4) is 11.5 Å². The molecule has 0 spiro atoms. The highest BCUT2D eigenvalue weighted by molar-refractivity contribution is 6.30. The van der Waals surface area contributed by atoms with Crippen molar-refractivity contribution in [2.75, 3.05) is 5.73 Å². The average Bonchev–Trinajstić information content (AvgIpc) is 2.75. The molecule has 4 nitrogen and oxygen atoms in total. The number of anilines is 1. The van der Waals surface area contributed by atoms with Crippen molar-refractivity contribution >= 4 is 28.5 Å². The molecule has 0 saturated heterocycles. The maximum absolute atomic E-state index is 5.82. The summed E-state index contributed by atoms with van der Waals surface area (Å²) >= 11 is 5.82. The quantitative estimate of drug-likeness (QED) is 0.715. The molecule has 3 aromatic rings. The Bertz CT molecular complexity index is 676. The van der Waals surface area contributed by atoms with Crippen LogP contribution < -0.4 is 5.73 Å². The Labute approximate surface area is 102 Å². The summed E-state index contributed by atoms with van der Waals surface area (Å²) in [7, 11) is 0. The molecule has 0 aliphatic heterocycles. The second kappa shape index (κ2) is 3.75. The van der Waals surface area contributed by atoms with E-state index in [4.69, 9.17) is 21.8 Å². The van der Waals surface area contributed by atoms with Gasteiger partial charge < -0.3 is 10.2 Å². The maximum Gasteiger partial charge on any atom is 0.249 e. The third kappa shape index (κ3) is 1.72. The Hall–Kier alpha value is -2.07. The van der Waals surface area contributed by atoms with Crippen LogP contribution in [-0.4, -0.2) is 9.97 Å². The number of aromatic nitrogens is 2. The van der Waals surface area contributed by atoms with Gasteiger partial charge in [0, 0.05) is 16.8 Å². The Balaban J connectivity index is 2.18. The molecule has 0 fully saturated rings. The molecule has 1 aromatic carbocycles. The fraction of sp³-hybridized carbons (Fsp3) is 0. The van der Waals surface area contributed by atoms with Crippen molar-refractivity contribution in [2.45, 2.75) is 0 Å². The largest absolute Gasteiger partial charge is 0.418 e. The number of fused-ring (bicyclic) bond motifs is 1. The van der Waals surface area contributed by atoms with Crippen LogP contribution in [0.25, 0.3) is 22.7 Å². The molecule has 0 radical (unpaired) electrons. The molecule has 0 amide bonds. The molecular formula is C12H8ClN3O. The van der Waals surface area contributed by atoms with Crippen LogP contribution >= 0.6 is 11.6 Å². The van der Waals surface area contributed by atoms with Gasteiger partial charge in [0.15, 0.2) is 5.52 Å². The summed E-state index contributed by atoms with van der Waals surface area (Å²) in [5.41, 5.74) is 8.20. The number of nitrogens with two attached hydrogens (primary N) is 1. The summed E-state index contributed by atoms with van der Waals surface area (Å²) in [6, 6.07) is 8.92. The fourth-order valence-corrected chi connectivity index (χ4v) is 1.69. The summed E-state index contributed by atoms with van der Waals surface area (Å²) in [4.78, 5) is 8.39. The van der Waals surface area contributed by atoms with E-state index in [0.29, 0.717) is 27.8 Å². The van der Waals surface area contributed by atoms with E-state index in [-0.39, 0.29) is 0 Å². The zero-order valence-corrected chi connectivity index (χ0v) is 9.48. The van der Waals surface area contributed by atoms with E-state index in [1.165, 1.54) is 0 Å². The molecule has 0 unspecified atom stereocenters. The van der Waals surface area contributed by atoms with E-state index in [1.807, 2.05) is 12.1 Å². The first kappa shape index (κ1) is 10.1. The summed E-state index contributed by atoms with van der Waals surface area (Å²) in [6.45, 7) is 0. The molecular weight excluding hydrogens is 238 g/mol. The lowest BCUT2D eigenvalue weighted by atomic mass is 10.2. The minimum atomic E-state index is 0.440. The number of oxazole rings is 1. The van der Waals surface area contributed by atoms with E-state index in [9.17, 15) is 0 Å². The number of pyridine rings is 1. The lowest BCUT2D eigenvalue weighted by Gasteiger charge is -1.93. The molecule has 2 aromatic heterocycles. The lowest BCUT2D eigenvalue weighted by Crippen LogP contribution is -1.86. The van der Waals surface area contributed by atoms with Crippen molar-refractivity contribution in [3.05, 3.63) is 41.6 Å². The van der Waals surface area contributed by atoms with E-state index in [2.05, 4.69) is 9.97 Å². The molecule has 3 rings (SSSR count). The molecule has 2 N–H and O–H groups in total. The van der Waals surface area contributed by atoms with Crippen LogP contribution in [0.2, 0.25) is 5.02 Å². The first-order chi connectivity index (χ1) is 8.24. The highest BCUT2D eigenvalue weighted by Crippen LogP contribution is 2.26. The zero-order chi connectivity index (χ0) is 11.8. The average molecular weight is 246 g/mol. The molecule has 2 heterocycles. The Morgan fingerprint density at radius 1 is 1.12 bits per heavy atom. The lowest BCUT2D eigenvalue weighted by molar-refractivity contribution is 0.608. The van der Waals surface area contributed by atoms with E-state index in [0.717, 1.165) is 5.56 Å². The van der Waals surface area contributed by atoms with Gasteiger partial charge in [-0.25, -0.2) is 9.97 Å². The van der Waals surface area contributed by atoms with Crippen LogP contribution in [-0.2, 0) is 0 Å². The first-order valence-corrected chi connectivity index (χ1v) is 5.39. The Kier molecular flexibility index (Phi) is 2.23. The smallest absolute Gasteiger partial charge is 0.249 e. The third-order valence-corrected chi connectivity index (χ3v) is 2.67. The van der Waals surface area contributed by atoms with Crippen molar-refractivity contribution in [1.29, 1.82) is 0 Å². The van der Waals surface area contributed by atoms with Gasteiger partial charge in [0.25, 0.3) is 0 Å². The second-order valence-electron chi connectivity index (χ2n) is 3.58. The molecule has 0 saturated carbocycles. The number of halogens is 1. The van der Waals surface area contributed by atoms with Crippen LogP contribution in [0.3, 0.4) is 0 Å². The van der Waals surface area contributed by atoms with Gasteiger partial charge in [0.2, 0.25) is 11.6 Å². The predicted molar refractivity (Wildman–Crippen MR) is 66.7 cm³/mol. The van der Waals surface area contributed by atoms with Crippen LogP contribution in [0.4, 0.5) is 5.69 Å². The standard InChI is InChI=1S/C12H8ClN3O/c13-8-3-1-7(2-4-8)11-16-10-9(14)5-6-15-12(10)17-11/h1-6H,(H2,14,15). The highest BCUT2D eigenvalue weighted by atomic mass is 35.5. The highest BCUT2D eigenvalue weighted by Gasteiger charge is 2.10.